The molecular formula is C21H24N4O2S. The Kier molecular flexibility index (Phi) is 4.86. The second kappa shape index (κ2) is 7.64. The number of ether oxygens (including phenoxy) is 2. The lowest BCUT2D eigenvalue weighted by Gasteiger charge is -2.14. The highest BCUT2D eigenvalue weighted by atomic mass is 32.1. The molecule has 1 N–H and O–H groups in total. The molecule has 3 aromatic rings. The second-order valence-corrected chi connectivity index (χ2v) is 8.55. The van der Waals surface area contributed by atoms with Gasteiger partial charge in [0.05, 0.1) is 18.6 Å². The number of anilines is 1. The highest BCUT2D eigenvalue weighted by Gasteiger charge is 2.21. The topological polar surface area (TPSA) is 69.2 Å². The van der Waals surface area contributed by atoms with Crippen molar-refractivity contribution in [3.05, 3.63) is 40.2 Å². The van der Waals surface area contributed by atoms with Crippen LogP contribution in [0.25, 0.3) is 10.2 Å². The molecule has 1 aliphatic heterocycles. The van der Waals surface area contributed by atoms with E-state index in [1.807, 2.05) is 30.4 Å². The third-order valence-electron chi connectivity index (χ3n) is 5.36. The molecule has 1 atom stereocenters. The van der Waals surface area contributed by atoms with Gasteiger partial charge in [-0.3, -0.25) is 0 Å². The average Bonchev–Trinajstić information content (AvgIpc) is 3.33. The maximum absolute atomic E-state index is 5.93. The Morgan fingerprint density at radius 1 is 1.29 bits per heavy atom. The van der Waals surface area contributed by atoms with E-state index in [2.05, 4.69) is 10.3 Å². The van der Waals surface area contributed by atoms with E-state index in [-0.39, 0.29) is 6.10 Å². The zero-order valence-electron chi connectivity index (χ0n) is 16.0. The Hall–Kier alpha value is -2.25. The Morgan fingerprint density at radius 2 is 2.21 bits per heavy atom. The summed E-state index contributed by atoms with van der Waals surface area (Å²) < 4.78 is 11.3. The fraction of sp³-hybridized carbons (Fsp3) is 0.476. The molecule has 1 unspecified atom stereocenters. The number of nitrogens with zero attached hydrogens (tertiary/aromatic N) is 3. The molecule has 28 heavy (non-hydrogen) atoms. The van der Waals surface area contributed by atoms with Crippen molar-refractivity contribution in [3.63, 3.8) is 0 Å². The standard InChI is InChI=1S/C21H24N4O2S/c1-13-24-20(19-16-4-2-3-5-17(16)28-21(19)25-13)23-11-14-6-8-22-18(10-14)27-15-7-9-26-12-15/h6,8,10,15H,2-5,7,9,11-12H2,1H3,(H,23,24,25). The van der Waals surface area contributed by atoms with Crippen LogP contribution >= 0.6 is 11.3 Å². The van der Waals surface area contributed by atoms with Crippen molar-refractivity contribution in [1.29, 1.82) is 0 Å². The first-order valence-corrected chi connectivity index (χ1v) is 10.8. The molecule has 1 fully saturated rings. The van der Waals surface area contributed by atoms with E-state index in [0.717, 1.165) is 41.5 Å². The largest absolute Gasteiger partial charge is 0.472 e. The van der Waals surface area contributed by atoms with Crippen LogP contribution in [0.3, 0.4) is 0 Å². The molecule has 4 heterocycles. The fourth-order valence-corrected chi connectivity index (χ4v) is 5.29. The van der Waals surface area contributed by atoms with Crippen LogP contribution in [0.15, 0.2) is 18.3 Å². The van der Waals surface area contributed by atoms with Crippen LogP contribution in [0.2, 0.25) is 0 Å². The van der Waals surface area contributed by atoms with Gasteiger partial charge in [0.15, 0.2) is 0 Å². The summed E-state index contributed by atoms with van der Waals surface area (Å²) in [5.74, 6) is 2.42. The van der Waals surface area contributed by atoms with Gasteiger partial charge in [0.1, 0.15) is 22.6 Å². The highest BCUT2D eigenvalue weighted by Crippen LogP contribution is 2.38. The number of nitrogens with one attached hydrogen (secondary N) is 1. The molecule has 0 saturated carbocycles. The van der Waals surface area contributed by atoms with Crippen LogP contribution in [0, 0.1) is 6.92 Å². The maximum Gasteiger partial charge on any atom is 0.213 e. The third kappa shape index (κ3) is 3.56. The van der Waals surface area contributed by atoms with Crippen LogP contribution in [0.4, 0.5) is 5.82 Å². The SMILES string of the molecule is Cc1nc(NCc2ccnc(OC3CCOC3)c2)c2c3c(sc2n1)CCCC3. The number of pyridine rings is 1. The number of aryl methyl sites for hydroxylation is 3. The molecule has 1 aliphatic carbocycles. The number of fused-ring (bicyclic) bond motifs is 3. The van der Waals surface area contributed by atoms with E-state index in [0.29, 0.717) is 19.0 Å². The molecule has 7 heteroatoms. The second-order valence-electron chi connectivity index (χ2n) is 7.47. The molecule has 0 spiro atoms. The summed E-state index contributed by atoms with van der Waals surface area (Å²) in [5, 5.41) is 4.77. The fourth-order valence-electron chi connectivity index (χ4n) is 3.98. The van der Waals surface area contributed by atoms with Crippen LogP contribution in [-0.4, -0.2) is 34.3 Å². The minimum absolute atomic E-state index is 0.108. The predicted molar refractivity (Wildman–Crippen MR) is 110 cm³/mol. The van der Waals surface area contributed by atoms with Gasteiger partial charge in [-0.2, -0.15) is 0 Å². The first-order valence-electron chi connectivity index (χ1n) is 9.98. The van der Waals surface area contributed by atoms with Gasteiger partial charge in [-0.15, -0.1) is 11.3 Å². The van der Waals surface area contributed by atoms with E-state index in [9.17, 15) is 0 Å². The Bertz CT molecular complexity index is 997. The maximum atomic E-state index is 5.93. The Balaban J connectivity index is 1.38. The normalized spacial score (nSPS) is 19.0. The molecular weight excluding hydrogens is 372 g/mol. The molecule has 0 aromatic carbocycles. The molecule has 146 valence electrons. The summed E-state index contributed by atoms with van der Waals surface area (Å²) in [5.41, 5.74) is 2.58. The Morgan fingerprint density at radius 3 is 3.11 bits per heavy atom. The summed E-state index contributed by atoms with van der Waals surface area (Å²) >= 11 is 1.84. The van der Waals surface area contributed by atoms with E-state index in [1.54, 1.807) is 6.20 Å². The first-order chi connectivity index (χ1) is 13.8. The lowest BCUT2D eigenvalue weighted by atomic mass is 9.97. The molecule has 1 saturated heterocycles. The summed E-state index contributed by atoms with van der Waals surface area (Å²) in [7, 11) is 0. The number of rotatable bonds is 5. The number of hydrogen-bond acceptors (Lipinski definition) is 7. The van der Waals surface area contributed by atoms with Crippen molar-refractivity contribution in [2.75, 3.05) is 18.5 Å². The van der Waals surface area contributed by atoms with Crippen LogP contribution in [-0.2, 0) is 24.1 Å². The van der Waals surface area contributed by atoms with Gasteiger partial charge >= 0.3 is 0 Å². The zero-order valence-corrected chi connectivity index (χ0v) is 16.8. The van der Waals surface area contributed by atoms with E-state index in [4.69, 9.17) is 19.4 Å². The number of thiophene rings is 1. The van der Waals surface area contributed by atoms with Crippen LogP contribution in [0.1, 0.15) is 41.1 Å². The average molecular weight is 397 g/mol. The molecule has 0 bridgehead atoms. The lowest BCUT2D eigenvalue weighted by Crippen LogP contribution is -2.16. The van der Waals surface area contributed by atoms with Crippen molar-refractivity contribution in [1.82, 2.24) is 15.0 Å². The van der Waals surface area contributed by atoms with Crippen molar-refractivity contribution < 1.29 is 9.47 Å². The number of aromatic nitrogens is 3. The van der Waals surface area contributed by atoms with Gasteiger partial charge in [-0.05, 0) is 49.8 Å². The monoisotopic (exact) mass is 396 g/mol. The first kappa shape index (κ1) is 17.8. The highest BCUT2D eigenvalue weighted by molar-refractivity contribution is 7.19. The van der Waals surface area contributed by atoms with E-state index in [1.165, 1.54) is 35.1 Å². The van der Waals surface area contributed by atoms with E-state index < -0.39 is 0 Å². The Labute approximate surface area is 168 Å². The van der Waals surface area contributed by atoms with Gasteiger partial charge in [-0.25, -0.2) is 15.0 Å². The van der Waals surface area contributed by atoms with Gasteiger partial charge in [-0.1, -0.05) is 0 Å². The van der Waals surface area contributed by atoms with Crippen molar-refractivity contribution in [2.24, 2.45) is 0 Å². The summed E-state index contributed by atoms with van der Waals surface area (Å²) in [4.78, 5) is 16.4. The number of hydrogen-bond donors (Lipinski definition) is 1. The summed E-state index contributed by atoms with van der Waals surface area (Å²) in [6, 6.07) is 4.01. The molecule has 6 nitrogen and oxygen atoms in total. The van der Waals surface area contributed by atoms with Crippen LogP contribution < -0.4 is 10.1 Å². The minimum Gasteiger partial charge on any atom is -0.472 e. The summed E-state index contributed by atoms with van der Waals surface area (Å²) in [6.45, 7) is 4.05. The van der Waals surface area contributed by atoms with Gasteiger partial charge in [0, 0.05) is 30.1 Å². The zero-order chi connectivity index (χ0) is 18.9. The van der Waals surface area contributed by atoms with Gasteiger partial charge in [0.25, 0.3) is 0 Å². The predicted octanol–water partition coefficient (Wildman–Crippen LogP) is 4.05. The lowest BCUT2D eigenvalue weighted by molar-refractivity contribution is 0.138. The smallest absolute Gasteiger partial charge is 0.213 e. The molecule has 5 rings (SSSR count). The summed E-state index contributed by atoms with van der Waals surface area (Å²) in [6.07, 6.45) is 7.67. The molecule has 3 aromatic heterocycles. The van der Waals surface area contributed by atoms with Gasteiger partial charge < -0.3 is 14.8 Å². The van der Waals surface area contributed by atoms with Crippen molar-refractivity contribution in [3.8, 4) is 5.88 Å². The molecule has 0 amide bonds. The third-order valence-corrected chi connectivity index (χ3v) is 6.55. The quantitative estimate of drug-likeness (QED) is 0.702. The van der Waals surface area contributed by atoms with Gasteiger partial charge in [0.2, 0.25) is 5.88 Å². The van der Waals surface area contributed by atoms with Crippen molar-refractivity contribution >= 4 is 27.4 Å². The van der Waals surface area contributed by atoms with Crippen molar-refractivity contribution in [2.45, 2.75) is 51.7 Å². The molecule has 0 radical (unpaired) electrons. The molecule has 2 aliphatic rings. The van der Waals surface area contributed by atoms with E-state index >= 15 is 0 Å². The minimum atomic E-state index is 0.108. The van der Waals surface area contributed by atoms with Crippen LogP contribution in [0.5, 0.6) is 5.88 Å².